The van der Waals surface area contributed by atoms with Crippen molar-refractivity contribution in [2.24, 2.45) is 0 Å². The highest BCUT2D eigenvalue weighted by atomic mass is 16.3. The molecule has 170 valence electrons. The number of fused-ring (bicyclic) bond motifs is 1. The predicted molar refractivity (Wildman–Crippen MR) is 121 cm³/mol. The van der Waals surface area contributed by atoms with Crippen LogP contribution in [0.5, 0.6) is 0 Å². The van der Waals surface area contributed by atoms with Gasteiger partial charge in [0.05, 0.1) is 29.6 Å². The van der Waals surface area contributed by atoms with Crippen molar-refractivity contribution in [1.29, 1.82) is 0 Å². The van der Waals surface area contributed by atoms with Crippen molar-refractivity contribution < 1.29 is 18.8 Å². The molecule has 0 saturated heterocycles. The lowest BCUT2D eigenvalue weighted by Gasteiger charge is -2.11. The molecule has 10 nitrogen and oxygen atoms in total. The Hall–Kier alpha value is -4.60. The van der Waals surface area contributed by atoms with Crippen LogP contribution in [0, 0.1) is 20.8 Å². The van der Waals surface area contributed by atoms with Crippen LogP contribution in [0.3, 0.4) is 0 Å². The van der Waals surface area contributed by atoms with Crippen molar-refractivity contribution in [2.45, 2.75) is 27.3 Å². The van der Waals surface area contributed by atoms with E-state index in [9.17, 15) is 14.4 Å². The highest BCUT2D eigenvalue weighted by molar-refractivity contribution is 6.22. The molecular weight excluding hydrogens is 436 g/mol. The Morgan fingerprint density at radius 3 is 2.38 bits per heavy atom. The minimum Gasteiger partial charge on any atom is -0.467 e. The Labute approximate surface area is 194 Å². The van der Waals surface area contributed by atoms with E-state index >= 15 is 0 Å². The van der Waals surface area contributed by atoms with Crippen LogP contribution in [0.4, 0.5) is 5.82 Å². The third-order valence-corrected chi connectivity index (χ3v) is 5.36. The summed E-state index contributed by atoms with van der Waals surface area (Å²) >= 11 is 0. The van der Waals surface area contributed by atoms with E-state index in [1.807, 2.05) is 19.9 Å². The number of rotatable bonds is 5. The van der Waals surface area contributed by atoms with Crippen LogP contribution in [0.15, 0.2) is 53.1 Å². The molecule has 0 unspecified atom stereocenters. The largest absolute Gasteiger partial charge is 0.467 e. The summed E-state index contributed by atoms with van der Waals surface area (Å²) in [6.45, 7) is 5.52. The molecule has 4 aromatic rings. The average molecular weight is 456 g/mol. The number of hydrogen-bond donors (Lipinski definition) is 1. The number of hydrogen-bond acceptors (Lipinski definition) is 7. The van der Waals surface area contributed by atoms with Gasteiger partial charge in [0.2, 0.25) is 0 Å². The molecule has 1 aliphatic heterocycles. The lowest BCUT2D eigenvalue weighted by molar-refractivity contribution is 0.0631. The summed E-state index contributed by atoms with van der Waals surface area (Å²) < 4.78 is 6.71. The molecule has 0 spiro atoms. The molecule has 3 aromatic heterocycles. The van der Waals surface area contributed by atoms with Crippen LogP contribution >= 0.6 is 0 Å². The number of nitrogens with one attached hydrogen (secondary N) is 1. The van der Waals surface area contributed by atoms with Crippen molar-refractivity contribution in [3.63, 3.8) is 0 Å². The standard InChI is InChI=1S/C24H20N6O4/c1-13-9-14(2)26-24(25-13)30-20(10-15(3)28-30)27-21(31)16-6-7-18-19(11-16)23(33)29(22(18)32)12-17-5-4-8-34-17/h4-11H,12H2,1-3H3,(H,27,31). The first-order valence-electron chi connectivity index (χ1n) is 10.5. The van der Waals surface area contributed by atoms with Crippen molar-refractivity contribution in [1.82, 2.24) is 24.6 Å². The summed E-state index contributed by atoms with van der Waals surface area (Å²) in [6.07, 6.45) is 1.48. The number of aromatic nitrogens is 4. The highest BCUT2D eigenvalue weighted by Gasteiger charge is 2.36. The Kier molecular flexibility index (Phi) is 5.05. The molecule has 1 aromatic carbocycles. The van der Waals surface area contributed by atoms with Gasteiger partial charge in [0.1, 0.15) is 11.6 Å². The fourth-order valence-electron chi connectivity index (χ4n) is 3.87. The van der Waals surface area contributed by atoms with Crippen molar-refractivity contribution in [3.05, 3.63) is 88.3 Å². The summed E-state index contributed by atoms with van der Waals surface area (Å²) in [5, 5.41) is 7.20. The number of benzene rings is 1. The van der Waals surface area contributed by atoms with Gasteiger partial charge < -0.3 is 9.73 Å². The number of carbonyl (C=O) groups excluding carboxylic acids is 3. The summed E-state index contributed by atoms with van der Waals surface area (Å²) in [4.78, 5) is 48.5. The molecule has 0 atom stereocenters. The zero-order valence-electron chi connectivity index (χ0n) is 18.7. The van der Waals surface area contributed by atoms with Gasteiger partial charge in [-0.25, -0.2) is 9.97 Å². The van der Waals surface area contributed by atoms with E-state index in [1.54, 1.807) is 25.1 Å². The maximum atomic E-state index is 13.0. The molecule has 4 heterocycles. The van der Waals surface area contributed by atoms with Crippen molar-refractivity contribution in [2.75, 3.05) is 5.32 Å². The number of furan rings is 1. The fourth-order valence-corrected chi connectivity index (χ4v) is 3.87. The molecule has 10 heteroatoms. The molecule has 5 rings (SSSR count). The van der Waals surface area contributed by atoms with Crippen LogP contribution < -0.4 is 5.32 Å². The number of carbonyl (C=O) groups is 3. The number of aryl methyl sites for hydroxylation is 3. The molecule has 0 fully saturated rings. The van der Waals surface area contributed by atoms with E-state index in [-0.39, 0.29) is 23.2 Å². The van der Waals surface area contributed by atoms with Crippen LogP contribution in [-0.2, 0) is 6.54 Å². The van der Waals surface area contributed by atoms with E-state index in [2.05, 4.69) is 20.4 Å². The maximum absolute atomic E-state index is 13.0. The van der Waals surface area contributed by atoms with E-state index in [0.717, 1.165) is 16.3 Å². The van der Waals surface area contributed by atoms with Gasteiger partial charge in [0, 0.05) is 23.0 Å². The Bertz CT molecular complexity index is 1430. The molecule has 3 amide bonds. The van der Waals surface area contributed by atoms with E-state index < -0.39 is 17.7 Å². The van der Waals surface area contributed by atoms with Crippen LogP contribution in [-0.4, -0.2) is 42.4 Å². The summed E-state index contributed by atoms with van der Waals surface area (Å²) in [6, 6.07) is 11.3. The molecule has 0 radical (unpaired) electrons. The SMILES string of the molecule is Cc1cc(C)nc(-n2nc(C)cc2NC(=O)c2ccc3c(c2)C(=O)N(Cc2ccco2)C3=O)n1. The Balaban J connectivity index is 1.41. The summed E-state index contributed by atoms with van der Waals surface area (Å²) in [5.41, 5.74) is 2.86. The Morgan fingerprint density at radius 2 is 1.68 bits per heavy atom. The van der Waals surface area contributed by atoms with Crippen molar-refractivity contribution in [3.8, 4) is 5.95 Å². The number of nitrogens with zero attached hydrogens (tertiary/aromatic N) is 5. The van der Waals surface area contributed by atoms with Gasteiger partial charge in [0.15, 0.2) is 0 Å². The fraction of sp³-hybridized carbons (Fsp3) is 0.167. The zero-order valence-corrected chi connectivity index (χ0v) is 18.7. The maximum Gasteiger partial charge on any atom is 0.261 e. The molecular formula is C24H20N6O4. The third-order valence-electron chi connectivity index (χ3n) is 5.36. The van der Waals surface area contributed by atoms with Crippen molar-refractivity contribution >= 4 is 23.5 Å². The molecule has 0 bridgehead atoms. The summed E-state index contributed by atoms with van der Waals surface area (Å²) in [5.74, 6) is -0.151. The first-order chi connectivity index (χ1) is 16.3. The second kappa shape index (κ2) is 8.07. The van der Waals surface area contributed by atoms with Crippen LogP contribution in [0.25, 0.3) is 5.95 Å². The zero-order chi connectivity index (χ0) is 24.0. The Morgan fingerprint density at radius 1 is 0.941 bits per heavy atom. The van der Waals surface area contributed by atoms with Crippen LogP contribution in [0.1, 0.15) is 53.9 Å². The van der Waals surface area contributed by atoms with Gasteiger partial charge in [0.25, 0.3) is 23.7 Å². The molecule has 0 saturated carbocycles. The minimum absolute atomic E-state index is 0.0231. The van der Waals surface area contributed by atoms with Gasteiger partial charge >= 0.3 is 0 Å². The minimum atomic E-state index is -0.476. The van der Waals surface area contributed by atoms with Gasteiger partial charge in [-0.15, -0.1) is 0 Å². The van der Waals surface area contributed by atoms with Gasteiger partial charge in [-0.1, -0.05) is 0 Å². The number of anilines is 1. The topological polar surface area (TPSA) is 123 Å². The lowest BCUT2D eigenvalue weighted by atomic mass is 10.1. The van der Waals surface area contributed by atoms with Gasteiger partial charge in [-0.05, 0) is 57.2 Å². The third kappa shape index (κ3) is 3.75. The molecule has 0 aliphatic carbocycles. The average Bonchev–Trinajstić information content (AvgIpc) is 3.49. The van der Waals surface area contributed by atoms with Gasteiger partial charge in [-0.2, -0.15) is 9.78 Å². The first kappa shape index (κ1) is 21.3. The number of amides is 3. The molecule has 1 N–H and O–H groups in total. The first-order valence-corrected chi connectivity index (χ1v) is 10.5. The van der Waals surface area contributed by atoms with E-state index in [4.69, 9.17) is 4.42 Å². The predicted octanol–water partition coefficient (Wildman–Crippen LogP) is 3.23. The normalized spacial score (nSPS) is 12.9. The van der Waals surface area contributed by atoms with E-state index in [0.29, 0.717) is 23.2 Å². The number of imide groups is 1. The summed E-state index contributed by atoms with van der Waals surface area (Å²) in [7, 11) is 0. The monoisotopic (exact) mass is 456 g/mol. The van der Waals surface area contributed by atoms with Gasteiger partial charge in [-0.3, -0.25) is 19.3 Å². The second-order valence-electron chi connectivity index (χ2n) is 8.02. The molecule has 34 heavy (non-hydrogen) atoms. The molecule has 1 aliphatic rings. The van der Waals surface area contributed by atoms with Crippen LogP contribution in [0.2, 0.25) is 0 Å². The smallest absolute Gasteiger partial charge is 0.261 e. The lowest BCUT2D eigenvalue weighted by Crippen LogP contribution is -2.28. The highest BCUT2D eigenvalue weighted by Crippen LogP contribution is 2.26. The second-order valence-corrected chi connectivity index (χ2v) is 8.02. The quantitative estimate of drug-likeness (QED) is 0.457. The van der Waals surface area contributed by atoms with E-state index in [1.165, 1.54) is 29.1 Å².